The maximum absolute atomic E-state index is 10.1. The molecule has 8 heavy (non-hydrogen) atoms. The molecule has 0 saturated heterocycles. The van der Waals surface area contributed by atoms with Gasteiger partial charge in [-0.25, -0.2) is 4.79 Å². The van der Waals surface area contributed by atoms with Gasteiger partial charge in [0.1, 0.15) is 0 Å². The SMILES string of the molecule is CC(=O)N(C)C(=O)O. The van der Waals surface area contributed by atoms with E-state index in [1.165, 1.54) is 14.0 Å². The molecule has 0 heterocycles. The first-order valence-electron chi connectivity index (χ1n) is 2.03. The molecule has 0 unspecified atom stereocenters. The van der Waals surface area contributed by atoms with E-state index in [0.29, 0.717) is 4.90 Å². The van der Waals surface area contributed by atoms with E-state index in [0.717, 1.165) is 0 Å². The van der Waals surface area contributed by atoms with Crippen molar-refractivity contribution in [1.82, 2.24) is 4.90 Å². The zero-order chi connectivity index (χ0) is 6.73. The van der Waals surface area contributed by atoms with Crippen molar-refractivity contribution < 1.29 is 14.7 Å². The molecule has 0 atom stereocenters. The van der Waals surface area contributed by atoms with Crippen molar-refractivity contribution in [2.24, 2.45) is 0 Å². The lowest BCUT2D eigenvalue weighted by Crippen LogP contribution is -2.29. The Hall–Kier alpha value is -1.06. The minimum atomic E-state index is -1.22. The topological polar surface area (TPSA) is 57.6 Å². The lowest BCUT2D eigenvalue weighted by Gasteiger charge is -2.04. The van der Waals surface area contributed by atoms with Crippen molar-refractivity contribution >= 4 is 12.0 Å². The summed E-state index contributed by atoms with van der Waals surface area (Å²) in [6.07, 6.45) is -1.22. The second kappa shape index (κ2) is 2.30. The van der Waals surface area contributed by atoms with E-state index < -0.39 is 12.0 Å². The van der Waals surface area contributed by atoms with Crippen LogP contribution in [0.2, 0.25) is 0 Å². The van der Waals surface area contributed by atoms with Crippen molar-refractivity contribution in [1.29, 1.82) is 0 Å². The number of hydrogen-bond donors (Lipinski definition) is 1. The standard InChI is InChI=1S/C4H7NO3/c1-3(6)5(2)4(7)8/h1-2H3,(H,7,8). The van der Waals surface area contributed by atoms with Gasteiger partial charge in [0.25, 0.3) is 0 Å². The Morgan fingerprint density at radius 2 is 1.88 bits per heavy atom. The van der Waals surface area contributed by atoms with Crippen LogP contribution in [0.3, 0.4) is 0 Å². The number of nitrogens with zero attached hydrogens (tertiary/aromatic N) is 1. The molecule has 2 amide bonds. The molecule has 4 nitrogen and oxygen atoms in total. The summed E-state index contributed by atoms with van der Waals surface area (Å²) in [5.74, 6) is -0.475. The average Bonchev–Trinajstić information content (AvgIpc) is 1.64. The van der Waals surface area contributed by atoms with Gasteiger partial charge in [-0.3, -0.25) is 9.69 Å². The molecule has 0 saturated carbocycles. The Morgan fingerprint density at radius 1 is 1.50 bits per heavy atom. The van der Waals surface area contributed by atoms with E-state index >= 15 is 0 Å². The number of amides is 2. The first-order chi connectivity index (χ1) is 3.55. The van der Waals surface area contributed by atoms with Gasteiger partial charge in [-0.1, -0.05) is 0 Å². The summed E-state index contributed by atoms with van der Waals surface area (Å²) < 4.78 is 0. The maximum atomic E-state index is 10.1. The summed E-state index contributed by atoms with van der Waals surface area (Å²) in [5.41, 5.74) is 0. The van der Waals surface area contributed by atoms with Gasteiger partial charge in [-0.05, 0) is 0 Å². The van der Waals surface area contributed by atoms with Crippen LogP contribution in [-0.2, 0) is 4.79 Å². The molecule has 0 aromatic carbocycles. The summed E-state index contributed by atoms with van der Waals surface area (Å²) >= 11 is 0. The smallest absolute Gasteiger partial charge is 0.413 e. The van der Waals surface area contributed by atoms with Gasteiger partial charge in [0, 0.05) is 14.0 Å². The summed E-state index contributed by atoms with van der Waals surface area (Å²) in [6, 6.07) is 0. The van der Waals surface area contributed by atoms with E-state index in [9.17, 15) is 9.59 Å². The number of carbonyl (C=O) groups is 2. The largest absolute Gasteiger partial charge is 0.465 e. The first-order valence-corrected chi connectivity index (χ1v) is 2.03. The van der Waals surface area contributed by atoms with Gasteiger partial charge in [0.05, 0.1) is 0 Å². The molecule has 0 aliphatic carbocycles. The van der Waals surface area contributed by atoms with Crippen LogP contribution in [0.15, 0.2) is 0 Å². The molecule has 0 aliphatic rings. The summed E-state index contributed by atoms with van der Waals surface area (Å²) in [5, 5.41) is 8.06. The van der Waals surface area contributed by atoms with Crippen LogP contribution in [0.4, 0.5) is 4.79 Å². The molecule has 4 heteroatoms. The minimum absolute atomic E-state index is 0.475. The van der Waals surface area contributed by atoms with Gasteiger partial charge < -0.3 is 5.11 Å². The average molecular weight is 117 g/mol. The Kier molecular flexibility index (Phi) is 1.99. The van der Waals surface area contributed by atoms with E-state index in [-0.39, 0.29) is 0 Å². The van der Waals surface area contributed by atoms with Crippen LogP contribution in [0, 0.1) is 0 Å². The molecule has 0 radical (unpaired) electrons. The fraction of sp³-hybridized carbons (Fsp3) is 0.500. The van der Waals surface area contributed by atoms with Crippen molar-refractivity contribution in [2.75, 3.05) is 7.05 Å². The van der Waals surface area contributed by atoms with Crippen molar-refractivity contribution in [3.63, 3.8) is 0 Å². The van der Waals surface area contributed by atoms with Crippen LogP contribution in [0.5, 0.6) is 0 Å². The Labute approximate surface area is 46.7 Å². The fourth-order valence-corrected chi connectivity index (χ4v) is 0.135. The second-order valence-electron chi connectivity index (χ2n) is 1.36. The summed E-state index contributed by atoms with van der Waals surface area (Å²) in [4.78, 5) is 20.6. The molecule has 0 bridgehead atoms. The number of carboxylic acid groups (broad SMARTS) is 1. The molecule has 0 aromatic heterocycles. The van der Waals surface area contributed by atoms with Crippen molar-refractivity contribution in [3.8, 4) is 0 Å². The third-order valence-electron chi connectivity index (χ3n) is 0.759. The van der Waals surface area contributed by atoms with E-state index in [4.69, 9.17) is 5.11 Å². The van der Waals surface area contributed by atoms with Crippen LogP contribution in [0.25, 0.3) is 0 Å². The zero-order valence-corrected chi connectivity index (χ0v) is 4.71. The highest BCUT2D eigenvalue weighted by Crippen LogP contribution is 1.81. The third-order valence-corrected chi connectivity index (χ3v) is 0.759. The first kappa shape index (κ1) is 6.94. The highest BCUT2D eigenvalue weighted by atomic mass is 16.4. The predicted molar refractivity (Wildman–Crippen MR) is 26.5 cm³/mol. The van der Waals surface area contributed by atoms with Crippen LogP contribution >= 0.6 is 0 Å². The zero-order valence-electron chi connectivity index (χ0n) is 4.71. The predicted octanol–water partition coefficient (Wildman–Crippen LogP) is 0.143. The van der Waals surface area contributed by atoms with Gasteiger partial charge >= 0.3 is 6.09 Å². The Morgan fingerprint density at radius 3 is 1.88 bits per heavy atom. The highest BCUT2D eigenvalue weighted by Gasteiger charge is 2.07. The molecular weight excluding hydrogens is 110 g/mol. The van der Waals surface area contributed by atoms with Gasteiger partial charge in [-0.2, -0.15) is 0 Å². The number of hydrogen-bond acceptors (Lipinski definition) is 2. The fourth-order valence-electron chi connectivity index (χ4n) is 0.135. The second-order valence-corrected chi connectivity index (χ2v) is 1.36. The number of rotatable bonds is 0. The quantitative estimate of drug-likeness (QED) is 0.491. The van der Waals surface area contributed by atoms with Crippen molar-refractivity contribution in [2.45, 2.75) is 6.92 Å². The number of carbonyl (C=O) groups excluding carboxylic acids is 1. The lowest BCUT2D eigenvalue weighted by molar-refractivity contribution is -0.125. The van der Waals surface area contributed by atoms with Crippen LogP contribution in [-0.4, -0.2) is 29.1 Å². The van der Waals surface area contributed by atoms with Gasteiger partial charge in [-0.15, -0.1) is 0 Å². The molecule has 46 valence electrons. The Balaban J connectivity index is 3.83. The number of imide groups is 1. The van der Waals surface area contributed by atoms with Gasteiger partial charge in [0.15, 0.2) is 0 Å². The lowest BCUT2D eigenvalue weighted by atomic mass is 10.6. The maximum Gasteiger partial charge on any atom is 0.413 e. The molecule has 0 aliphatic heterocycles. The minimum Gasteiger partial charge on any atom is -0.465 e. The normalized spacial score (nSPS) is 8.25. The molecule has 0 fully saturated rings. The molecule has 0 aromatic rings. The van der Waals surface area contributed by atoms with Crippen LogP contribution in [0.1, 0.15) is 6.92 Å². The van der Waals surface area contributed by atoms with E-state index in [1.807, 2.05) is 0 Å². The Bertz CT molecular complexity index is 106. The van der Waals surface area contributed by atoms with E-state index in [2.05, 4.69) is 0 Å². The van der Waals surface area contributed by atoms with Crippen LogP contribution < -0.4 is 0 Å². The summed E-state index contributed by atoms with van der Waals surface area (Å²) in [6.45, 7) is 1.19. The van der Waals surface area contributed by atoms with E-state index in [1.54, 1.807) is 0 Å². The van der Waals surface area contributed by atoms with Gasteiger partial charge in [0.2, 0.25) is 5.91 Å². The highest BCUT2D eigenvalue weighted by molar-refractivity contribution is 5.88. The molecular formula is C4H7NO3. The molecule has 0 rings (SSSR count). The monoisotopic (exact) mass is 117 g/mol. The molecule has 1 N–H and O–H groups in total. The third kappa shape index (κ3) is 1.59. The summed E-state index contributed by atoms with van der Waals surface area (Å²) in [7, 11) is 1.20. The molecule has 0 spiro atoms. The van der Waals surface area contributed by atoms with Crippen molar-refractivity contribution in [3.05, 3.63) is 0 Å².